The average Bonchev–Trinajstić information content (AvgIpc) is 2.86. The van der Waals surface area contributed by atoms with E-state index < -0.39 is 0 Å². The van der Waals surface area contributed by atoms with E-state index >= 15 is 0 Å². The molecule has 2 aliphatic rings. The molecule has 0 aliphatic heterocycles. The van der Waals surface area contributed by atoms with Crippen LogP contribution in [0.15, 0.2) is 0 Å². The van der Waals surface area contributed by atoms with E-state index in [1.54, 1.807) is 18.4 Å². The molecule has 3 nitrogen and oxygen atoms in total. The Kier molecular flexibility index (Phi) is 3.48. The molecule has 3 rings (SSSR count). The van der Waals surface area contributed by atoms with Crippen molar-refractivity contribution >= 4 is 17.1 Å². The maximum atomic E-state index is 12.0. The summed E-state index contributed by atoms with van der Waals surface area (Å²) in [6, 6.07) is 0. The lowest BCUT2D eigenvalue weighted by atomic mass is 9.80. The smallest absolute Gasteiger partial charge is 0.174 e. The molecule has 0 saturated heterocycles. The van der Waals surface area contributed by atoms with Gasteiger partial charge in [-0.3, -0.25) is 4.79 Å². The standard InChI is InChI=1S/C15H21NO2S/c1-10-6-8-15(18-2,9-7-10)14-16-11-4-3-5-12(17)13(11)19-14/h10H,3-9H2,1-2H3. The number of fused-ring (bicyclic) bond motifs is 1. The highest BCUT2D eigenvalue weighted by Crippen LogP contribution is 2.44. The lowest BCUT2D eigenvalue weighted by molar-refractivity contribution is -0.0531. The highest BCUT2D eigenvalue weighted by Gasteiger charge is 2.40. The second kappa shape index (κ2) is 4.98. The fourth-order valence-electron chi connectivity index (χ4n) is 3.20. The second-order valence-corrected chi connectivity index (χ2v) is 6.95. The number of ketones is 1. The number of carbonyl (C=O) groups is 1. The van der Waals surface area contributed by atoms with E-state index in [-0.39, 0.29) is 11.4 Å². The van der Waals surface area contributed by atoms with Gasteiger partial charge in [-0.15, -0.1) is 11.3 Å². The van der Waals surface area contributed by atoms with E-state index in [0.717, 1.165) is 47.2 Å². The zero-order valence-electron chi connectivity index (χ0n) is 11.7. The summed E-state index contributed by atoms with van der Waals surface area (Å²) < 4.78 is 5.86. The van der Waals surface area contributed by atoms with Crippen LogP contribution < -0.4 is 0 Å². The summed E-state index contributed by atoms with van der Waals surface area (Å²) >= 11 is 1.59. The first kappa shape index (κ1) is 13.3. The number of Topliss-reactive ketones (excluding diaryl/α,β-unsaturated/α-hetero) is 1. The van der Waals surface area contributed by atoms with Gasteiger partial charge in [-0.2, -0.15) is 0 Å². The van der Waals surface area contributed by atoms with Gasteiger partial charge in [0, 0.05) is 13.5 Å². The first-order valence-corrected chi connectivity index (χ1v) is 8.05. The van der Waals surface area contributed by atoms with Gasteiger partial charge in [0.1, 0.15) is 10.6 Å². The Hall–Kier alpha value is -0.740. The van der Waals surface area contributed by atoms with Gasteiger partial charge in [-0.1, -0.05) is 6.92 Å². The van der Waals surface area contributed by atoms with Crippen LogP contribution in [0, 0.1) is 5.92 Å². The molecule has 4 heteroatoms. The van der Waals surface area contributed by atoms with Crippen molar-refractivity contribution < 1.29 is 9.53 Å². The number of methoxy groups -OCH3 is 1. The van der Waals surface area contributed by atoms with Crippen LogP contribution in [0.4, 0.5) is 0 Å². The van der Waals surface area contributed by atoms with Gasteiger partial charge in [0.05, 0.1) is 10.6 Å². The first-order chi connectivity index (χ1) is 9.14. The molecule has 0 N–H and O–H groups in total. The minimum atomic E-state index is -0.227. The normalized spacial score (nSPS) is 31.3. The van der Waals surface area contributed by atoms with Gasteiger partial charge in [-0.25, -0.2) is 4.98 Å². The lowest BCUT2D eigenvalue weighted by Crippen LogP contribution is -2.33. The quantitative estimate of drug-likeness (QED) is 0.828. The van der Waals surface area contributed by atoms with E-state index in [0.29, 0.717) is 6.42 Å². The Morgan fingerprint density at radius 1 is 1.32 bits per heavy atom. The summed E-state index contributed by atoms with van der Waals surface area (Å²) in [5, 5.41) is 1.04. The SMILES string of the molecule is COC1(c2nc3c(s2)C(=O)CCC3)CCC(C)CC1. The van der Waals surface area contributed by atoms with Gasteiger partial charge in [-0.05, 0) is 44.4 Å². The van der Waals surface area contributed by atoms with Crippen molar-refractivity contribution in [1.82, 2.24) is 4.98 Å². The summed E-state index contributed by atoms with van der Waals surface area (Å²) in [5.41, 5.74) is 0.792. The number of aryl methyl sites for hydroxylation is 1. The molecule has 2 aliphatic carbocycles. The minimum absolute atomic E-state index is 0.227. The Labute approximate surface area is 118 Å². The third-order valence-corrected chi connectivity index (χ3v) is 5.95. The van der Waals surface area contributed by atoms with E-state index in [1.165, 1.54) is 12.8 Å². The maximum absolute atomic E-state index is 12.0. The van der Waals surface area contributed by atoms with Gasteiger partial charge in [0.25, 0.3) is 0 Å². The fourth-order valence-corrected chi connectivity index (χ4v) is 4.50. The molecule has 1 aromatic rings. The van der Waals surface area contributed by atoms with Crippen molar-refractivity contribution in [3.8, 4) is 0 Å². The van der Waals surface area contributed by atoms with Crippen LogP contribution in [-0.2, 0) is 16.8 Å². The van der Waals surface area contributed by atoms with Crippen molar-refractivity contribution in [2.75, 3.05) is 7.11 Å². The highest BCUT2D eigenvalue weighted by molar-refractivity contribution is 7.14. The van der Waals surface area contributed by atoms with Crippen LogP contribution in [0.1, 0.15) is 65.8 Å². The number of nitrogens with zero attached hydrogens (tertiary/aromatic N) is 1. The number of hydrogen-bond donors (Lipinski definition) is 0. The van der Waals surface area contributed by atoms with E-state index in [2.05, 4.69) is 6.92 Å². The molecule has 0 radical (unpaired) electrons. The minimum Gasteiger partial charge on any atom is -0.371 e. The summed E-state index contributed by atoms with van der Waals surface area (Å²) in [5.74, 6) is 1.06. The molecule has 19 heavy (non-hydrogen) atoms. The zero-order chi connectivity index (χ0) is 13.5. The molecule has 1 fully saturated rings. The molecule has 1 saturated carbocycles. The highest BCUT2D eigenvalue weighted by atomic mass is 32.1. The molecule has 1 aromatic heterocycles. The molecule has 0 amide bonds. The van der Waals surface area contributed by atoms with Crippen LogP contribution in [0.2, 0.25) is 0 Å². The Balaban J connectivity index is 1.94. The molecule has 0 atom stereocenters. The number of aromatic nitrogens is 1. The summed E-state index contributed by atoms with van der Waals surface area (Å²) in [4.78, 5) is 17.6. The maximum Gasteiger partial charge on any atom is 0.174 e. The molecule has 0 aromatic carbocycles. The Bertz CT molecular complexity index is 486. The molecule has 1 heterocycles. The third kappa shape index (κ3) is 2.25. The topological polar surface area (TPSA) is 39.2 Å². The second-order valence-electron chi connectivity index (χ2n) is 5.95. The summed E-state index contributed by atoms with van der Waals surface area (Å²) in [6.07, 6.45) is 7.03. The number of hydrogen-bond acceptors (Lipinski definition) is 4. The van der Waals surface area contributed by atoms with Crippen molar-refractivity contribution in [3.63, 3.8) is 0 Å². The lowest BCUT2D eigenvalue weighted by Gasteiger charge is -2.36. The number of rotatable bonds is 2. The van der Waals surface area contributed by atoms with Crippen LogP contribution in [-0.4, -0.2) is 17.9 Å². The molecule has 0 bridgehead atoms. The van der Waals surface area contributed by atoms with E-state index in [1.807, 2.05) is 0 Å². The van der Waals surface area contributed by atoms with Gasteiger partial charge in [0.2, 0.25) is 0 Å². The number of ether oxygens (including phenoxy) is 1. The van der Waals surface area contributed by atoms with Crippen molar-refractivity contribution in [1.29, 1.82) is 0 Å². The van der Waals surface area contributed by atoms with E-state index in [9.17, 15) is 4.79 Å². The van der Waals surface area contributed by atoms with Crippen molar-refractivity contribution in [2.45, 2.75) is 57.5 Å². The number of carbonyl (C=O) groups excluding carboxylic acids is 1. The Morgan fingerprint density at radius 2 is 2.05 bits per heavy atom. The van der Waals surface area contributed by atoms with Gasteiger partial charge >= 0.3 is 0 Å². The largest absolute Gasteiger partial charge is 0.371 e. The van der Waals surface area contributed by atoms with Gasteiger partial charge < -0.3 is 4.74 Å². The van der Waals surface area contributed by atoms with Crippen molar-refractivity contribution in [2.24, 2.45) is 5.92 Å². The molecule has 0 spiro atoms. The Morgan fingerprint density at radius 3 is 2.68 bits per heavy atom. The van der Waals surface area contributed by atoms with Crippen LogP contribution in [0.25, 0.3) is 0 Å². The average molecular weight is 279 g/mol. The predicted octanol–water partition coefficient (Wildman–Crippen LogP) is 3.71. The monoisotopic (exact) mass is 279 g/mol. The summed E-state index contributed by atoms with van der Waals surface area (Å²) in [6.45, 7) is 2.30. The van der Waals surface area contributed by atoms with Crippen LogP contribution in [0.3, 0.4) is 0 Å². The zero-order valence-corrected chi connectivity index (χ0v) is 12.5. The fraction of sp³-hybridized carbons (Fsp3) is 0.733. The van der Waals surface area contributed by atoms with Gasteiger partial charge in [0.15, 0.2) is 5.78 Å². The molecule has 0 unspecified atom stereocenters. The van der Waals surface area contributed by atoms with Crippen LogP contribution >= 0.6 is 11.3 Å². The van der Waals surface area contributed by atoms with E-state index in [4.69, 9.17) is 9.72 Å². The molecular formula is C15H21NO2S. The molecular weight excluding hydrogens is 258 g/mol. The third-order valence-electron chi connectivity index (χ3n) is 4.63. The summed E-state index contributed by atoms with van der Waals surface area (Å²) in [7, 11) is 1.79. The van der Waals surface area contributed by atoms with Crippen molar-refractivity contribution in [3.05, 3.63) is 15.6 Å². The predicted molar refractivity (Wildman–Crippen MR) is 75.7 cm³/mol. The first-order valence-electron chi connectivity index (χ1n) is 7.23. The number of thiazole rings is 1. The molecule has 104 valence electrons. The van der Waals surface area contributed by atoms with Crippen LogP contribution in [0.5, 0.6) is 0 Å².